The third-order valence-corrected chi connectivity index (χ3v) is 2.80. The van der Waals surface area contributed by atoms with Gasteiger partial charge in [0.2, 0.25) is 0 Å². The van der Waals surface area contributed by atoms with Crippen molar-refractivity contribution in [3.05, 3.63) is 62.9 Å². The van der Waals surface area contributed by atoms with E-state index in [0.717, 1.165) is 17.7 Å². The van der Waals surface area contributed by atoms with E-state index >= 15 is 0 Å². The van der Waals surface area contributed by atoms with Crippen molar-refractivity contribution in [2.75, 3.05) is 0 Å². The fourth-order valence-corrected chi connectivity index (χ4v) is 1.91. The van der Waals surface area contributed by atoms with E-state index in [4.69, 9.17) is 0 Å². The minimum atomic E-state index is -0.503. The summed E-state index contributed by atoms with van der Waals surface area (Å²) < 4.78 is 2.84. The normalized spacial score (nSPS) is 10.6. The van der Waals surface area contributed by atoms with Gasteiger partial charge in [-0.25, -0.2) is 0 Å². The molecule has 94 valence electrons. The first-order valence-corrected chi connectivity index (χ1v) is 6.02. The van der Waals surface area contributed by atoms with Gasteiger partial charge in [-0.2, -0.15) is 0 Å². The van der Waals surface area contributed by atoms with Gasteiger partial charge in [-0.1, -0.05) is 19.1 Å². The lowest BCUT2D eigenvalue weighted by Gasteiger charge is -2.08. The number of rotatable bonds is 3. The van der Waals surface area contributed by atoms with Gasteiger partial charge in [-0.3, -0.25) is 14.2 Å². The maximum Gasteiger partial charge on any atom is 0.320 e. The molecule has 0 aliphatic heterocycles. The summed E-state index contributed by atoms with van der Waals surface area (Å²) in [4.78, 5) is 23.9. The average Bonchev–Trinajstić information content (AvgIpc) is 2.35. The summed E-state index contributed by atoms with van der Waals surface area (Å²) in [6.45, 7) is 4.49. The van der Waals surface area contributed by atoms with Crippen LogP contribution in [0.25, 0.3) is 5.69 Å². The minimum absolute atomic E-state index is 0.471. The van der Waals surface area contributed by atoms with E-state index in [0.29, 0.717) is 6.54 Å². The molecule has 4 nitrogen and oxygen atoms in total. The van der Waals surface area contributed by atoms with Crippen molar-refractivity contribution in [3.63, 3.8) is 0 Å². The molecule has 0 saturated heterocycles. The Balaban J connectivity index is 2.58. The molecule has 1 aromatic carbocycles. The first-order chi connectivity index (χ1) is 8.63. The quantitative estimate of drug-likeness (QED) is 0.772. The Kier molecular flexibility index (Phi) is 3.46. The highest BCUT2D eigenvalue weighted by Gasteiger charge is 2.05. The van der Waals surface area contributed by atoms with Crippen molar-refractivity contribution >= 4 is 0 Å². The second-order valence-corrected chi connectivity index (χ2v) is 4.31. The van der Waals surface area contributed by atoms with Gasteiger partial charge in [0.1, 0.15) is 0 Å². The summed E-state index contributed by atoms with van der Waals surface area (Å²) in [5, 5.41) is 0. The van der Waals surface area contributed by atoms with Gasteiger partial charge in [-0.05, 0) is 31.0 Å². The maximum atomic E-state index is 12.0. The second-order valence-electron chi connectivity index (χ2n) is 4.31. The van der Waals surface area contributed by atoms with Gasteiger partial charge in [0.15, 0.2) is 0 Å². The van der Waals surface area contributed by atoms with Crippen LogP contribution >= 0.6 is 0 Å². The number of hydrogen-bond acceptors (Lipinski definition) is 2. The molecule has 2 aromatic rings. The largest absolute Gasteiger partial charge is 0.320 e. The van der Waals surface area contributed by atoms with Crippen LogP contribution in [0.4, 0.5) is 0 Å². The van der Waals surface area contributed by atoms with Gasteiger partial charge < -0.3 is 4.57 Å². The van der Waals surface area contributed by atoms with E-state index in [1.807, 2.05) is 38.1 Å². The molecule has 18 heavy (non-hydrogen) atoms. The lowest BCUT2D eigenvalue weighted by molar-refractivity contribution is 0.633. The molecular formula is C14H16N2O2. The lowest BCUT2D eigenvalue weighted by Crippen LogP contribution is -2.39. The fourth-order valence-electron chi connectivity index (χ4n) is 1.91. The lowest BCUT2D eigenvalue weighted by atomic mass is 10.2. The van der Waals surface area contributed by atoms with Crippen LogP contribution in [0.2, 0.25) is 0 Å². The monoisotopic (exact) mass is 244 g/mol. The number of hydrogen-bond donors (Lipinski definition) is 0. The van der Waals surface area contributed by atoms with E-state index in [-0.39, 0.29) is 0 Å². The van der Waals surface area contributed by atoms with Crippen molar-refractivity contribution in [2.24, 2.45) is 0 Å². The fraction of sp³-hybridized carbons (Fsp3) is 0.286. The molecule has 0 unspecified atom stereocenters. The van der Waals surface area contributed by atoms with E-state index in [2.05, 4.69) is 0 Å². The minimum Gasteiger partial charge on any atom is -0.309 e. The van der Waals surface area contributed by atoms with Crippen LogP contribution in [0.1, 0.15) is 18.9 Å². The topological polar surface area (TPSA) is 44.0 Å². The number of aryl methyl sites for hydroxylation is 2. The van der Waals surface area contributed by atoms with Gasteiger partial charge in [0, 0.05) is 24.6 Å². The molecule has 1 heterocycles. The Morgan fingerprint density at radius 1 is 1.11 bits per heavy atom. The molecule has 0 aliphatic carbocycles. The highest BCUT2D eigenvalue weighted by atomic mass is 16.2. The number of benzene rings is 1. The van der Waals surface area contributed by atoms with E-state index < -0.39 is 11.1 Å². The predicted molar refractivity (Wildman–Crippen MR) is 71.3 cm³/mol. The molecule has 0 atom stereocenters. The van der Waals surface area contributed by atoms with Crippen molar-refractivity contribution < 1.29 is 0 Å². The Labute approximate surface area is 105 Å². The third-order valence-electron chi connectivity index (χ3n) is 2.80. The Morgan fingerprint density at radius 3 is 2.56 bits per heavy atom. The summed E-state index contributed by atoms with van der Waals surface area (Å²) >= 11 is 0. The molecule has 1 aromatic heterocycles. The van der Waals surface area contributed by atoms with Crippen molar-refractivity contribution in [1.29, 1.82) is 0 Å². The van der Waals surface area contributed by atoms with Gasteiger partial charge in [0.05, 0.1) is 0 Å². The standard InChI is InChI=1S/C14H16N2O2/c1-3-7-15-8-9-16(14(18)13(15)17)12-6-4-5-11(2)10-12/h4-6,8-10H,3,7H2,1-2H3. The molecule has 0 saturated carbocycles. The zero-order valence-corrected chi connectivity index (χ0v) is 10.6. The molecule has 0 bridgehead atoms. The number of nitrogens with zero attached hydrogens (tertiary/aromatic N) is 2. The SMILES string of the molecule is CCCn1ccn(-c2cccc(C)c2)c(=O)c1=O. The summed E-state index contributed by atoms with van der Waals surface area (Å²) in [5.41, 5.74) is 0.801. The average molecular weight is 244 g/mol. The Morgan fingerprint density at radius 2 is 1.89 bits per heavy atom. The number of aromatic nitrogens is 2. The molecule has 4 heteroatoms. The molecular weight excluding hydrogens is 228 g/mol. The molecule has 0 fully saturated rings. The Hall–Kier alpha value is -2.10. The first-order valence-electron chi connectivity index (χ1n) is 6.02. The highest BCUT2D eigenvalue weighted by Crippen LogP contribution is 2.06. The van der Waals surface area contributed by atoms with E-state index in [9.17, 15) is 9.59 Å². The maximum absolute atomic E-state index is 12.0. The van der Waals surface area contributed by atoms with Crippen LogP contribution in [0.15, 0.2) is 46.2 Å². The van der Waals surface area contributed by atoms with Crippen molar-refractivity contribution in [2.45, 2.75) is 26.8 Å². The van der Waals surface area contributed by atoms with Gasteiger partial charge in [0.25, 0.3) is 0 Å². The third kappa shape index (κ3) is 2.27. The molecule has 0 N–H and O–H groups in total. The second kappa shape index (κ2) is 5.04. The highest BCUT2D eigenvalue weighted by molar-refractivity contribution is 5.35. The first kappa shape index (κ1) is 12.4. The zero-order chi connectivity index (χ0) is 13.1. The van der Waals surface area contributed by atoms with Crippen LogP contribution < -0.4 is 11.1 Å². The molecule has 0 aliphatic rings. The van der Waals surface area contributed by atoms with Crippen LogP contribution in [0.3, 0.4) is 0 Å². The molecule has 0 spiro atoms. The molecule has 2 rings (SSSR count). The van der Waals surface area contributed by atoms with E-state index in [1.54, 1.807) is 12.4 Å². The summed E-state index contributed by atoms with van der Waals surface area (Å²) in [6.07, 6.45) is 4.14. The van der Waals surface area contributed by atoms with Crippen molar-refractivity contribution in [1.82, 2.24) is 9.13 Å². The summed E-state index contributed by atoms with van der Waals surface area (Å²) in [5.74, 6) is 0. The van der Waals surface area contributed by atoms with Crippen LogP contribution in [-0.2, 0) is 6.54 Å². The molecule has 0 radical (unpaired) electrons. The van der Waals surface area contributed by atoms with Crippen LogP contribution in [-0.4, -0.2) is 9.13 Å². The van der Waals surface area contributed by atoms with Crippen LogP contribution in [0, 0.1) is 6.92 Å². The summed E-state index contributed by atoms with van der Waals surface area (Å²) in [7, 11) is 0. The smallest absolute Gasteiger partial charge is 0.309 e. The summed E-state index contributed by atoms with van der Waals surface area (Å²) in [6, 6.07) is 7.52. The predicted octanol–water partition coefficient (Wildman–Crippen LogP) is 1.72. The van der Waals surface area contributed by atoms with Gasteiger partial charge in [-0.15, -0.1) is 0 Å². The Bertz CT molecular complexity index is 668. The van der Waals surface area contributed by atoms with Gasteiger partial charge >= 0.3 is 11.1 Å². The van der Waals surface area contributed by atoms with Crippen molar-refractivity contribution in [3.8, 4) is 5.69 Å². The molecule has 0 amide bonds. The van der Waals surface area contributed by atoms with Crippen LogP contribution in [0.5, 0.6) is 0 Å². The zero-order valence-electron chi connectivity index (χ0n) is 10.6. The van der Waals surface area contributed by atoms with E-state index in [1.165, 1.54) is 9.13 Å².